The van der Waals surface area contributed by atoms with Crippen LogP contribution in [0.15, 0.2) is 48.5 Å². The number of rotatable bonds is 5. The van der Waals surface area contributed by atoms with E-state index in [4.69, 9.17) is 0 Å². The number of nitrogens with one attached hydrogen (secondary N) is 1. The minimum absolute atomic E-state index is 0.0853. The van der Waals surface area contributed by atoms with Gasteiger partial charge in [0.05, 0.1) is 5.56 Å². The van der Waals surface area contributed by atoms with Crippen LogP contribution in [0.25, 0.3) is 0 Å². The van der Waals surface area contributed by atoms with Crippen molar-refractivity contribution in [3.8, 4) is 0 Å². The minimum atomic E-state index is -0.145. The molecule has 1 atom stereocenters. The minimum Gasteiger partial charge on any atom is -0.372 e. The second kappa shape index (κ2) is 7.18. The lowest BCUT2D eigenvalue weighted by atomic mass is 10.0. The summed E-state index contributed by atoms with van der Waals surface area (Å²) in [6.07, 6.45) is -0.145. The number of carbonyl (C=O) groups excluding carboxylic acids is 1. The molecule has 3 rings (SSSR count). The van der Waals surface area contributed by atoms with Crippen molar-refractivity contribution in [2.45, 2.75) is 39.9 Å². The lowest BCUT2D eigenvalue weighted by Crippen LogP contribution is -2.46. The average Bonchev–Trinajstić information content (AvgIpc) is 2.63. The van der Waals surface area contributed by atoms with Crippen LogP contribution in [0.4, 0.5) is 11.4 Å². The summed E-state index contributed by atoms with van der Waals surface area (Å²) >= 11 is 0. The number of hydrogen-bond donors (Lipinski definition) is 1. The van der Waals surface area contributed by atoms with Crippen molar-refractivity contribution in [3.63, 3.8) is 0 Å². The molecule has 4 heteroatoms. The van der Waals surface area contributed by atoms with Crippen molar-refractivity contribution in [2.24, 2.45) is 0 Å². The lowest BCUT2D eigenvalue weighted by molar-refractivity contribution is 0.0617. The highest BCUT2D eigenvalue weighted by molar-refractivity contribution is 6.01. The smallest absolute Gasteiger partial charge is 0.258 e. The molecular formula is C21H27N3O. The monoisotopic (exact) mass is 337 g/mol. The molecule has 1 amide bonds. The summed E-state index contributed by atoms with van der Waals surface area (Å²) in [5.41, 5.74) is 3.97. The molecule has 132 valence electrons. The third kappa shape index (κ3) is 3.21. The van der Waals surface area contributed by atoms with Gasteiger partial charge in [-0.25, -0.2) is 0 Å². The number of amides is 1. The van der Waals surface area contributed by atoms with Crippen molar-refractivity contribution in [1.29, 1.82) is 0 Å². The highest BCUT2D eigenvalue weighted by Gasteiger charge is 2.34. The van der Waals surface area contributed by atoms with Crippen LogP contribution in [0.5, 0.6) is 0 Å². The van der Waals surface area contributed by atoms with Gasteiger partial charge in [-0.2, -0.15) is 0 Å². The van der Waals surface area contributed by atoms with Crippen molar-refractivity contribution >= 4 is 17.3 Å². The Hall–Kier alpha value is -2.49. The molecular weight excluding hydrogens is 310 g/mol. The van der Waals surface area contributed by atoms with Gasteiger partial charge >= 0.3 is 0 Å². The van der Waals surface area contributed by atoms with Gasteiger partial charge in [0, 0.05) is 30.5 Å². The summed E-state index contributed by atoms with van der Waals surface area (Å²) in [6.45, 7) is 10.4. The van der Waals surface area contributed by atoms with E-state index in [9.17, 15) is 4.79 Å². The summed E-state index contributed by atoms with van der Waals surface area (Å²) < 4.78 is 0. The normalized spacial score (nSPS) is 16.6. The molecule has 4 nitrogen and oxygen atoms in total. The maximum atomic E-state index is 13.0. The third-order valence-electron chi connectivity index (χ3n) is 4.86. The zero-order chi connectivity index (χ0) is 18.0. The van der Waals surface area contributed by atoms with Crippen molar-refractivity contribution < 1.29 is 4.79 Å². The maximum absolute atomic E-state index is 13.0. The Kier molecular flexibility index (Phi) is 4.98. The van der Waals surface area contributed by atoms with Crippen LogP contribution in [0.1, 0.15) is 49.8 Å². The van der Waals surface area contributed by atoms with E-state index in [0.717, 1.165) is 29.9 Å². The predicted molar refractivity (Wildman–Crippen MR) is 104 cm³/mol. The third-order valence-corrected chi connectivity index (χ3v) is 4.86. The second-order valence-corrected chi connectivity index (χ2v) is 6.66. The molecule has 0 saturated heterocycles. The Morgan fingerprint density at radius 2 is 1.68 bits per heavy atom. The Labute approximate surface area is 150 Å². The molecule has 25 heavy (non-hydrogen) atoms. The van der Waals surface area contributed by atoms with Crippen LogP contribution in [-0.4, -0.2) is 29.9 Å². The zero-order valence-electron chi connectivity index (χ0n) is 15.5. The SMILES string of the molecule is CCN(CC)c1ccc(C2Nc3ccccc3C(=O)N2C(C)C)cc1. The number of carbonyl (C=O) groups is 1. The summed E-state index contributed by atoms with van der Waals surface area (Å²) in [4.78, 5) is 17.2. The van der Waals surface area contributed by atoms with Crippen molar-refractivity contribution in [3.05, 3.63) is 59.7 Å². The Balaban J connectivity index is 1.96. The van der Waals surface area contributed by atoms with Gasteiger partial charge in [0.15, 0.2) is 0 Å². The number of nitrogens with zero attached hydrogens (tertiary/aromatic N) is 2. The average molecular weight is 337 g/mol. The molecule has 0 radical (unpaired) electrons. The van der Waals surface area contributed by atoms with E-state index in [2.05, 4.69) is 62.2 Å². The molecule has 2 aromatic carbocycles. The van der Waals surface area contributed by atoms with Gasteiger partial charge in [0.2, 0.25) is 0 Å². The van der Waals surface area contributed by atoms with Crippen LogP contribution in [-0.2, 0) is 0 Å². The van der Waals surface area contributed by atoms with E-state index >= 15 is 0 Å². The fraction of sp³-hybridized carbons (Fsp3) is 0.381. The molecule has 1 N–H and O–H groups in total. The van der Waals surface area contributed by atoms with Crippen molar-refractivity contribution in [1.82, 2.24) is 4.90 Å². The van der Waals surface area contributed by atoms with Gasteiger partial charge < -0.3 is 15.1 Å². The van der Waals surface area contributed by atoms with Crippen LogP contribution >= 0.6 is 0 Å². The van der Waals surface area contributed by atoms with Gasteiger partial charge in [0.1, 0.15) is 6.17 Å². The summed E-state index contributed by atoms with van der Waals surface area (Å²) in [7, 11) is 0. The van der Waals surface area contributed by atoms with E-state index < -0.39 is 0 Å². The topological polar surface area (TPSA) is 35.6 Å². The van der Waals surface area contributed by atoms with Gasteiger partial charge in [-0.3, -0.25) is 4.79 Å². The molecule has 0 aromatic heterocycles. The first-order valence-electron chi connectivity index (χ1n) is 9.10. The molecule has 0 saturated carbocycles. The van der Waals surface area contributed by atoms with Gasteiger partial charge in [-0.1, -0.05) is 24.3 Å². The predicted octanol–water partition coefficient (Wildman–Crippen LogP) is 4.51. The first-order valence-corrected chi connectivity index (χ1v) is 9.10. The highest BCUT2D eigenvalue weighted by atomic mass is 16.2. The van der Waals surface area contributed by atoms with E-state index in [-0.39, 0.29) is 18.1 Å². The molecule has 0 bridgehead atoms. The van der Waals surface area contributed by atoms with E-state index in [0.29, 0.717) is 0 Å². The number of benzene rings is 2. The largest absolute Gasteiger partial charge is 0.372 e. The molecule has 1 aliphatic heterocycles. The standard InChI is InChI=1S/C21H27N3O/c1-5-23(6-2)17-13-11-16(12-14-17)20-22-19-10-8-7-9-18(19)21(25)24(20)15(3)4/h7-15,20,22H,5-6H2,1-4H3. The second-order valence-electron chi connectivity index (χ2n) is 6.66. The molecule has 1 heterocycles. The fourth-order valence-corrected chi connectivity index (χ4v) is 3.50. The molecule has 2 aromatic rings. The molecule has 0 spiro atoms. The maximum Gasteiger partial charge on any atom is 0.258 e. The summed E-state index contributed by atoms with van der Waals surface area (Å²) in [6, 6.07) is 16.4. The number of anilines is 2. The van der Waals surface area contributed by atoms with Crippen LogP contribution < -0.4 is 10.2 Å². The molecule has 0 fully saturated rings. The van der Waals surface area contributed by atoms with E-state index in [1.54, 1.807) is 0 Å². The summed E-state index contributed by atoms with van der Waals surface area (Å²) in [5, 5.41) is 3.54. The van der Waals surface area contributed by atoms with Crippen LogP contribution in [0.3, 0.4) is 0 Å². The number of para-hydroxylation sites is 1. The van der Waals surface area contributed by atoms with Gasteiger partial charge in [-0.15, -0.1) is 0 Å². The lowest BCUT2D eigenvalue weighted by Gasteiger charge is -2.40. The molecule has 0 aliphatic carbocycles. The molecule has 1 unspecified atom stereocenters. The van der Waals surface area contributed by atoms with Crippen LogP contribution in [0.2, 0.25) is 0 Å². The highest BCUT2D eigenvalue weighted by Crippen LogP contribution is 2.34. The Morgan fingerprint density at radius 3 is 2.28 bits per heavy atom. The van der Waals surface area contributed by atoms with Gasteiger partial charge in [-0.05, 0) is 57.5 Å². The van der Waals surface area contributed by atoms with E-state index in [1.807, 2.05) is 29.2 Å². The van der Waals surface area contributed by atoms with Crippen LogP contribution in [0, 0.1) is 0 Å². The Morgan fingerprint density at radius 1 is 1.04 bits per heavy atom. The zero-order valence-corrected chi connectivity index (χ0v) is 15.5. The van der Waals surface area contributed by atoms with Crippen molar-refractivity contribution in [2.75, 3.05) is 23.3 Å². The first-order chi connectivity index (χ1) is 12.1. The first kappa shape index (κ1) is 17.3. The fourth-order valence-electron chi connectivity index (χ4n) is 3.50. The number of fused-ring (bicyclic) bond motifs is 1. The van der Waals surface area contributed by atoms with E-state index in [1.165, 1.54) is 5.69 Å². The number of hydrogen-bond acceptors (Lipinski definition) is 3. The Bertz CT molecular complexity index is 735. The molecule has 1 aliphatic rings. The van der Waals surface area contributed by atoms with Gasteiger partial charge in [0.25, 0.3) is 5.91 Å². The summed E-state index contributed by atoms with van der Waals surface area (Å²) in [5.74, 6) is 0.0853. The quantitative estimate of drug-likeness (QED) is 0.872.